The molecule has 1 aliphatic rings. The number of benzene rings is 1. The zero-order chi connectivity index (χ0) is 16.6. The van der Waals surface area contributed by atoms with Gasteiger partial charge in [0.15, 0.2) is 4.77 Å². The number of carbonyl (C=O) groups excluding carboxylic acids is 1. The van der Waals surface area contributed by atoms with Gasteiger partial charge in [-0.05, 0) is 43.3 Å². The van der Waals surface area contributed by atoms with E-state index in [1.54, 1.807) is 25.2 Å². The first-order valence-electron chi connectivity index (χ1n) is 7.99. The SMILES string of the molecule is CN(C(=O)c1ccc2c(=O)n(C)c(=S)[nH]c2c1)C1CCCCC1. The van der Waals surface area contributed by atoms with E-state index in [4.69, 9.17) is 12.2 Å². The number of nitrogens with zero attached hydrogens (tertiary/aromatic N) is 2. The van der Waals surface area contributed by atoms with Crippen LogP contribution in [0.15, 0.2) is 23.0 Å². The number of carbonyl (C=O) groups is 1. The Morgan fingerprint density at radius 2 is 2.00 bits per heavy atom. The third-order valence-electron chi connectivity index (χ3n) is 4.79. The lowest BCUT2D eigenvalue weighted by atomic mass is 9.94. The fourth-order valence-corrected chi connectivity index (χ4v) is 3.47. The van der Waals surface area contributed by atoms with Crippen molar-refractivity contribution in [2.24, 2.45) is 7.05 Å². The lowest BCUT2D eigenvalue weighted by Gasteiger charge is -2.31. The molecule has 2 aromatic rings. The Hall–Kier alpha value is -1.95. The summed E-state index contributed by atoms with van der Waals surface area (Å²) in [5, 5.41) is 0.540. The van der Waals surface area contributed by atoms with Crippen LogP contribution in [0.3, 0.4) is 0 Å². The number of hydrogen-bond acceptors (Lipinski definition) is 3. The zero-order valence-electron chi connectivity index (χ0n) is 13.5. The maximum absolute atomic E-state index is 12.7. The summed E-state index contributed by atoms with van der Waals surface area (Å²) in [7, 11) is 3.51. The summed E-state index contributed by atoms with van der Waals surface area (Å²) >= 11 is 5.14. The summed E-state index contributed by atoms with van der Waals surface area (Å²) in [6, 6.07) is 5.47. The number of aromatic amines is 1. The third-order valence-corrected chi connectivity index (χ3v) is 5.17. The van der Waals surface area contributed by atoms with Gasteiger partial charge in [0, 0.05) is 25.7 Å². The molecule has 0 aliphatic heterocycles. The molecule has 3 rings (SSSR count). The summed E-state index contributed by atoms with van der Waals surface area (Å²) in [4.78, 5) is 29.8. The largest absolute Gasteiger partial charge is 0.339 e. The zero-order valence-corrected chi connectivity index (χ0v) is 14.3. The van der Waals surface area contributed by atoms with Gasteiger partial charge in [-0.3, -0.25) is 14.2 Å². The average Bonchev–Trinajstić information content (AvgIpc) is 2.59. The molecule has 1 heterocycles. The molecule has 6 heteroatoms. The first-order chi connectivity index (χ1) is 11.0. The van der Waals surface area contributed by atoms with E-state index in [0.717, 1.165) is 12.8 Å². The van der Waals surface area contributed by atoms with E-state index < -0.39 is 0 Å². The van der Waals surface area contributed by atoms with Gasteiger partial charge in [0.1, 0.15) is 0 Å². The van der Waals surface area contributed by atoms with Crippen molar-refractivity contribution in [1.82, 2.24) is 14.5 Å². The van der Waals surface area contributed by atoms with E-state index in [1.165, 1.54) is 23.8 Å². The topological polar surface area (TPSA) is 58.1 Å². The van der Waals surface area contributed by atoms with Gasteiger partial charge in [0.25, 0.3) is 11.5 Å². The molecule has 1 aromatic carbocycles. The fraction of sp³-hybridized carbons (Fsp3) is 0.471. The van der Waals surface area contributed by atoms with Crippen molar-refractivity contribution in [3.8, 4) is 0 Å². The summed E-state index contributed by atoms with van der Waals surface area (Å²) in [5.41, 5.74) is 1.05. The quantitative estimate of drug-likeness (QED) is 0.861. The van der Waals surface area contributed by atoms with E-state index in [-0.39, 0.29) is 11.5 Å². The van der Waals surface area contributed by atoms with Gasteiger partial charge >= 0.3 is 0 Å². The van der Waals surface area contributed by atoms with Gasteiger partial charge in [-0.1, -0.05) is 19.3 Å². The molecule has 1 aliphatic carbocycles. The Bertz CT molecular complexity index is 862. The normalized spacial score (nSPS) is 15.7. The van der Waals surface area contributed by atoms with Crippen LogP contribution in [0.2, 0.25) is 0 Å². The number of nitrogens with one attached hydrogen (secondary N) is 1. The molecule has 1 saturated carbocycles. The Morgan fingerprint density at radius 1 is 1.30 bits per heavy atom. The van der Waals surface area contributed by atoms with Crippen molar-refractivity contribution in [3.05, 3.63) is 38.9 Å². The second-order valence-corrected chi connectivity index (χ2v) is 6.65. The van der Waals surface area contributed by atoms with Gasteiger partial charge in [-0.2, -0.15) is 0 Å². The minimum Gasteiger partial charge on any atom is -0.339 e. The highest BCUT2D eigenvalue weighted by atomic mass is 32.1. The molecule has 0 bridgehead atoms. The molecule has 0 atom stereocenters. The first kappa shape index (κ1) is 15.9. The molecule has 0 saturated heterocycles. The summed E-state index contributed by atoms with van der Waals surface area (Å²) < 4.78 is 1.75. The molecular formula is C17H21N3O2S. The number of amides is 1. The average molecular weight is 331 g/mol. The highest BCUT2D eigenvalue weighted by Gasteiger charge is 2.23. The molecule has 23 heavy (non-hydrogen) atoms. The van der Waals surface area contributed by atoms with Crippen LogP contribution < -0.4 is 5.56 Å². The van der Waals surface area contributed by atoms with Crippen LogP contribution in [0.1, 0.15) is 42.5 Å². The standard InChI is InChI=1S/C17H21N3O2S/c1-19(12-6-4-3-5-7-12)15(21)11-8-9-13-14(10-11)18-17(23)20(2)16(13)22/h8-10,12H,3-7H2,1-2H3,(H,18,23). The Balaban J connectivity index is 1.96. The first-order valence-corrected chi connectivity index (χ1v) is 8.40. The van der Waals surface area contributed by atoms with E-state index in [0.29, 0.717) is 27.3 Å². The van der Waals surface area contributed by atoms with Crippen LogP contribution in [0.4, 0.5) is 0 Å². The maximum atomic E-state index is 12.7. The second-order valence-electron chi connectivity index (χ2n) is 6.26. The van der Waals surface area contributed by atoms with Crippen molar-refractivity contribution in [2.45, 2.75) is 38.1 Å². The number of H-pyrrole nitrogens is 1. The van der Waals surface area contributed by atoms with Crippen LogP contribution in [0, 0.1) is 4.77 Å². The van der Waals surface area contributed by atoms with Gasteiger partial charge in [-0.25, -0.2) is 0 Å². The summed E-state index contributed by atoms with van der Waals surface area (Å²) in [5.74, 6) is -0.00112. The van der Waals surface area contributed by atoms with Crippen LogP contribution in [-0.2, 0) is 7.05 Å². The molecule has 0 spiro atoms. The van der Waals surface area contributed by atoms with Gasteiger partial charge < -0.3 is 9.88 Å². The molecule has 122 valence electrons. The van der Waals surface area contributed by atoms with Gasteiger partial charge in [0.05, 0.1) is 10.9 Å². The van der Waals surface area contributed by atoms with E-state index >= 15 is 0 Å². The van der Waals surface area contributed by atoms with E-state index in [1.807, 2.05) is 11.9 Å². The minimum atomic E-state index is -0.150. The van der Waals surface area contributed by atoms with Crippen LogP contribution >= 0.6 is 12.2 Å². The number of hydrogen-bond donors (Lipinski definition) is 1. The number of aromatic nitrogens is 2. The molecule has 0 unspecified atom stereocenters. The van der Waals surface area contributed by atoms with Crippen LogP contribution in [0.25, 0.3) is 10.9 Å². The molecule has 0 radical (unpaired) electrons. The summed E-state index contributed by atoms with van der Waals surface area (Å²) in [6.45, 7) is 0. The second kappa shape index (κ2) is 6.28. The van der Waals surface area contributed by atoms with Crippen molar-refractivity contribution < 1.29 is 4.79 Å². The molecular weight excluding hydrogens is 310 g/mol. The minimum absolute atomic E-state index is 0.00112. The lowest BCUT2D eigenvalue weighted by Crippen LogP contribution is -2.38. The smallest absolute Gasteiger partial charge is 0.261 e. The monoisotopic (exact) mass is 331 g/mol. The Morgan fingerprint density at radius 3 is 2.70 bits per heavy atom. The highest BCUT2D eigenvalue weighted by molar-refractivity contribution is 7.71. The summed E-state index contributed by atoms with van der Waals surface area (Å²) in [6.07, 6.45) is 5.76. The third kappa shape index (κ3) is 2.95. The lowest BCUT2D eigenvalue weighted by molar-refractivity contribution is 0.0696. The van der Waals surface area contributed by atoms with Gasteiger partial charge in [-0.15, -0.1) is 0 Å². The molecule has 1 fully saturated rings. The predicted octanol–water partition coefficient (Wildman–Crippen LogP) is 3.00. The molecule has 5 nitrogen and oxygen atoms in total. The van der Waals surface area contributed by atoms with Crippen LogP contribution in [0.5, 0.6) is 0 Å². The van der Waals surface area contributed by atoms with E-state index in [9.17, 15) is 9.59 Å². The van der Waals surface area contributed by atoms with Crippen LogP contribution in [-0.4, -0.2) is 33.4 Å². The van der Waals surface area contributed by atoms with Crippen molar-refractivity contribution in [1.29, 1.82) is 0 Å². The number of fused-ring (bicyclic) bond motifs is 1. The van der Waals surface area contributed by atoms with Crippen molar-refractivity contribution >= 4 is 29.0 Å². The van der Waals surface area contributed by atoms with Gasteiger partial charge in [0.2, 0.25) is 0 Å². The number of rotatable bonds is 2. The Labute approximate surface area is 139 Å². The molecule has 1 aromatic heterocycles. The predicted molar refractivity (Wildman–Crippen MR) is 93.3 cm³/mol. The van der Waals surface area contributed by atoms with E-state index in [2.05, 4.69) is 4.98 Å². The molecule has 1 N–H and O–H groups in total. The highest BCUT2D eigenvalue weighted by Crippen LogP contribution is 2.23. The maximum Gasteiger partial charge on any atom is 0.261 e. The van der Waals surface area contributed by atoms with Crippen molar-refractivity contribution in [3.63, 3.8) is 0 Å². The molecule has 1 amide bonds. The Kier molecular flexibility index (Phi) is 4.35. The van der Waals surface area contributed by atoms with Crippen molar-refractivity contribution in [2.75, 3.05) is 7.05 Å². The fourth-order valence-electron chi connectivity index (χ4n) is 3.28.